The van der Waals surface area contributed by atoms with E-state index in [0.717, 1.165) is 0 Å². The number of hydrogen-bond acceptors (Lipinski definition) is 5. The standard InChI is InChI=1S/C18H15N3O3S/c22-25(23,24)18-13-16(21-20-15-9-5-2-6-10-15)11-12-17(18)19-14-7-3-1-4-8-14/h1-13,19H,(H,22,23,24). The number of azo groups is 1. The highest BCUT2D eigenvalue weighted by atomic mass is 32.2. The van der Waals surface area contributed by atoms with Crippen molar-refractivity contribution in [3.05, 3.63) is 78.9 Å². The summed E-state index contributed by atoms with van der Waals surface area (Å²) >= 11 is 0. The van der Waals surface area contributed by atoms with Gasteiger partial charge >= 0.3 is 0 Å². The van der Waals surface area contributed by atoms with Crippen molar-refractivity contribution in [2.24, 2.45) is 10.2 Å². The van der Waals surface area contributed by atoms with Crippen molar-refractivity contribution in [1.29, 1.82) is 0 Å². The van der Waals surface area contributed by atoms with Crippen LogP contribution in [-0.4, -0.2) is 13.0 Å². The molecule has 0 aliphatic rings. The van der Waals surface area contributed by atoms with E-state index < -0.39 is 10.1 Å². The molecule has 0 aliphatic carbocycles. The lowest BCUT2D eigenvalue weighted by Gasteiger charge is -2.10. The van der Waals surface area contributed by atoms with Crippen molar-refractivity contribution in [3.8, 4) is 0 Å². The molecule has 6 nitrogen and oxygen atoms in total. The summed E-state index contributed by atoms with van der Waals surface area (Å²) in [7, 11) is -4.42. The van der Waals surface area contributed by atoms with Gasteiger partial charge in [0.05, 0.1) is 17.1 Å². The van der Waals surface area contributed by atoms with Gasteiger partial charge < -0.3 is 5.32 Å². The molecule has 0 spiro atoms. The summed E-state index contributed by atoms with van der Waals surface area (Å²) in [5.74, 6) is 0. The number of nitrogens with zero attached hydrogens (tertiary/aromatic N) is 2. The van der Waals surface area contributed by atoms with Gasteiger partial charge in [-0.05, 0) is 42.5 Å². The summed E-state index contributed by atoms with van der Waals surface area (Å²) in [5.41, 5.74) is 1.91. The molecular formula is C18H15N3O3S. The van der Waals surface area contributed by atoms with E-state index in [4.69, 9.17) is 0 Å². The number of hydrogen-bond donors (Lipinski definition) is 2. The third-order valence-electron chi connectivity index (χ3n) is 3.33. The zero-order chi connectivity index (χ0) is 17.7. The minimum absolute atomic E-state index is 0.257. The van der Waals surface area contributed by atoms with Crippen LogP contribution in [0.25, 0.3) is 0 Å². The number of nitrogens with one attached hydrogen (secondary N) is 1. The molecule has 0 heterocycles. The Morgan fingerprint density at radius 2 is 1.36 bits per heavy atom. The topological polar surface area (TPSA) is 91.1 Å². The zero-order valence-corrected chi connectivity index (χ0v) is 13.9. The van der Waals surface area contributed by atoms with Gasteiger partial charge in [0, 0.05) is 5.69 Å². The molecule has 0 unspecified atom stereocenters. The van der Waals surface area contributed by atoms with Crippen molar-refractivity contribution < 1.29 is 13.0 Å². The highest BCUT2D eigenvalue weighted by molar-refractivity contribution is 7.86. The Bertz CT molecular complexity index is 989. The van der Waals surface area contributed by atoms with Crippen LogP contribution in [0.2, 0.25) is 0 Å². The van der Waals surface area contributed by atoms with E-state index in [-0.39, 0.29) is 10.6 Å². The molecule has 0 radical (unpaired) electrons. The van der Waals surface area contributed by atoms with Crippen molar-refractivity contribution in [2.75, 3.05) is 5.32 Å². The molecule has 0 bridgehead atoms. The highest BCUT2D eigenvalue weighted by Crippen LogP contribution is 2.30. The molecule has 3 aromatic carbocycles. The van der Waals surface area contributed by atoms with Gasteiger partial charge in [-0.2, -0.15) is 18.6 Å². The maximum absolute atomic E-state index is 11.7. The Morgan fingerprint density at radius 1 is 0.760 bits per heavy atom. The smallest absolute Gasteiger partial charge is 0.296 e. The molecular weight excluding hydrogens is 338 g/mol. The summed E-state index contributed by atoms with van der Waals surface area (Å²) in [4.78, 5) is -0.263. The quantitative estimate of drug-likeness (QED) is 0.493. The summed E-state index contributed by atoms with van der Waals surface area (Å²) < 4.78 is 32.9. The molecule has 3 aromatic rings. The maximum atomic E-state index is 11.7. The average molecular weight is 353 g/mol. The van der Waals surface area contributed by atoms with E-state index in [1.165, 1.54) is 12.1 Å². The van der Waals surface area contributed by atoms with E-state index >= 15 is 0 Å². The first-order valence-corrected chi connectivity index (χ1v) is 8.87. The SMILES string of the molecule is O=S(=O)(O)c1cc(N=Nc2ccccc2)ccc1Nc1ccccc1. The highest BCUT2D eigenvalue weighted by Gasteiger charge is 2.16. The molecule has 0 aliphatic heterocycles. The van der Waals surface area contributed by atoms with E-state index in [1.807, 2.05) is 36.4 Å². The van der Waals surface area contributed by atoms with Gasteiger partial charge in [0.15, 0.2) is 0 Å². The molecule has 2 N–H and O–H groups in total. The lowest BCUT2D eigenvalue weighted by Crippen LogP contribution is -2.03. The van der Waals surface area contributed by atoms with Crippen molar-refractivity contribution in [3.63, 3.8) is 0 Å². The fourth-order valence-electron chi connectivity index (χ4n) is 2.18. The zero-order valence-electron chi connectivity index (χ0n) is 13.1. The van der Waals surface area contributed by atoms with Gasteiger partial charge in [-0.3, -0.25) is 4.55 Å². The van der Waals surface area contributed by atoms with Gasteiger partial charge in [0.2, 0.25) is 0 Å². The van der Waals surface area contributed by atoms with Crippen LogP contribution < -0.4 is 5.32 Å². The third kappa shape index (κ3) is 4.50. The first-order valence-electron chi connectivity index (χ1n) is 7.43. The Labute approximate surface area is 145 Å². The molecule has 3 rings (SSSR count). The van der Waals surface area contributed by atoms with Crippen LogP contribution in [0.1, 0.15) is 0 Å². The molecule has 0 saturated heterocycles. The molecule has 7 heteroatoms. The van der Waals surface area contributed by atoms with Crippen LogP contribution >= 0.6 is 0 Å². The van der Waals surface area contributed by atoms with Crippen molar-refractivity contribution >= 4 is 32.9 Å². The van der Waals surface area contributed by atoms with E-state index in [0.29, 0.717) is 17.1 Å². The minimum atomic E-state index is -4.42. The summed E-state index contributed by atoms with van der Waals surface area (Å²) in [6.07, 6.45) is 0. The molecule has 25 heavy (non-hydrogen) atoms. The van der Waals surface area contributed by atoms with Crippen LogP contribution in [0.15, 0.2) is 94.0 Å². The number of para-hydroxylation sites is 1. The number of benzene rings is 3. The summed E-state index contributed by atoms with van der Waals surface area (Å²) in [6.45, 7) is 0. The predicted molar refractivity (Wildman–Crippen MR) is 96.6 cm³/mol. The van der Waals surface area contributed by atoms with E-state index in [1.54, 1.807) is 30.3 Å². The van der Waals surface area contributed by atoms with Crippen LogP contribution in [0, 0.1) is 0 Å². The number of anilines is 2. The Morgan fingerprint density at radius 3 is 2.00 bits per heavy atom. The van der Waals surface area contributed by atoms with Crippen LogP contribution in [0.5, 0.6) is 0 Å². The number of rotatable bonds is 5. The lowest BCUT2D eigenvalue weighted by molar-refractivity contribution is 0.483. The lowest BCUT2D eigenvalue weighted by atomic mass is 10.2. The second kappa shape index (κ2) is 7.25. The third-order valence-corrected chi connectivity index (χ3v) is 4.23. The van der Waals surface area contributed by atoms with Gasteiger partial charge in [-0.1, -0.05) is 36.4 Å². The first kappa shape index (κ1) is 16.8. The van der Waals surface area contributed by atoms with Crippen molar-refractivity contribution in [1.82, 2.24) is 0 Å². The van der Waals surface area contributed by atoms with Crippen molar-refractivity contribution in [2.45, 2.75) is 4.90 Å². The van der Waals surface area contributed by atoms with Gasteiger partial charge in [0.25, 0.3) is 10.1 Å². The Kier molecular flexibility index (Phi) is 4.87. The minimum Gasteiger partial charge on any atom is -0.354 e. The first-order chi connectivity index (χ1) is 12.0. The maximum Gasteiger partial charge on any atom is 0.296 e. The van der Waals surface area contributed by atoms with Gasteiger partial charge in [0.1, 0.15) is 4.90 Å². The average Bonchev–Trinajstić information content (AvgIpc) is 2.62. The Hall–Kier alpha value is -3.03. The van der Waals surface area contributed by atoms with E-state index in [2.05, 4.69) is 15.5 Å². The Balaban J connectivity index is 1.94. The molecule has 0 amide bonds. The molecule has 0 saturated carbocycles. The fraction of sp³-hybridized carbons (Fsp3) is 0. The fourth-order valence-corrected chi connectivity index (χ4v) is 2.84. The van der Waals surface area contributed by atoms with Crippen LogP contribution in [0.4, 0.5) is 22.7 Å². The predicted octanol–water partition coefficient (Wildman–Crippen LogP) is 5.09. The molecule has 0 fully saturated rings. The summed E-state index contributed by atoms with van der Waals surface area (Å²) in [6, 6.07) is 22.5. The second-order valence-electron chi connectivity index (χ2n) is 5.18. The summed E-state index contributed by atoms with van der Waals surface area (Å²) in [5, 5.41) is 11.0. The molecule has 126 valence electrons. The normalized spacial score (nSPS) is 11.6. The molecule has 0 aromatic heterocycles. The molecule has 0 atom stereocenters. The van der Waals surface area contributed by atoms with Crippen LogP contribution in [0.3, 0.4) is 0 Å². The van der Waals surface area contributed by atoms with Gasteiger partial charge in [-0.25, -0.2) is 0 Å². The van der Waals surface area contributed by atoms with Gasteiger partial charge in [-0.15, -0.1) is 0 Å². The largest absolute Gasteiger partial charge is 0.354 e. The monoisotopic (exact) mass is 353 g/mol. The second-order valence-corrected chi connectivity index (χ2v) is 6.57. The van der Waals surface area contributed by atoms with Crippen LogP contribution in [-0.2, 0) is 10.1 Å². The van der Waals surface area contributed by atoms with E-state index in [9.17, 15) is 13.0 Å².